The predicted molar refractivity (Wildman–Crippen MR) is 116 cm³/mol. The van der Waals surface area contributed by atoms with Gasteiger partial charge in [-0.15, -0.1) is 0 Å². The van der Waals surface area contributed by atoms with Gasteiger partial charge in [-0.05, 0) is 37.5 Å². The Bertz CT molecular complexity index is 1070. The zero-order chi connectivity index (χ0) is 19.3. The summed E-state index contributed by atoms with van der Waals surface area (Å²) in [5, 5.41) is 8.03. The molecule has 0 amide bonds. The molecule has 2 aromatic heterocycles. The Hall–Kier alpha value is -3.34. The van der Waals surface area contributed by atoms with Crippen LogP contribution in [0.3, 0.4) is 0 Å². The lowest BCUT2D eigenvalue weighted by molar-refractivity contribution is 0.974. The van der Waals surface area contributed by atoms with Crippen molar-refractivity contribution in [2.75, 3.05) is 17.2 Å². The summed E-state index contributed by atoms with van der Waals surface area (Å²) in [5.74, 6) is 1.49. The van der Waals surface area contributed by atoms with E-state index in [1.54, 1.807) is 0 Å². The van der Waals surface area contributed by atoms with E-state index in [4.69, 9.17) is 0 Å². The van der Waals surface area contributed by atoms with Crippen molar-refractivity contribution in [2.24, 2.45) is 0 Å². The molecule has 0 unspecified atom stereocenters. The highest BCUT2D eigenvalue weighted by Gasteiger charge is 2.05. The van der Waals surface area contributed by atoms with E-state index in [2.05, 4.69) is 81.2 Å². The quantitative estimate of drug-likeness (QED) is 0.435. The summed E-state index contributed by atoms with van der Waals surface area (Å²) in [7, 11) is 0. The van der Waals surface area contributed by atoms with Gasteiger partial charge >= 0.3 is 0 Å². The van der Waals surface area contributed by atoms with Crippen LogP contribution < -0.4 is 10.6 Å². The number of rotatable bonds is 7. The van der Waals surface area contributed by atoms with Gasteiger partial charge < -0.3 is 15.6 Å². The maximum absolute atomic E-state index is 4.61. The first-order valence-corrected chi connectivity index (χ1v) is 9.61. The molecule has 0 aliphatic carbocycles. The first kappa shape index (κ1) is 18.0. The molecule has 5 nitrogen and oxygen atoms in total. The van der Waals surface area contributed by atoms with Crippen LogP contribution in [0.4, 0.5) is 11.8 Å². The van der Waals surface area contributed by atoms with Crippen LogP contribution in [-0.2, 0) is 13.0 Å². The summed E-state index contributed by atoms with van der Waals surface area (Å²) in [4.78, 5) is 12.4. The zero-order valence-electron chi connectivity index (χ0n) is 16.3. The van der Waals surface area contributed by atoms with Crippen LogP contribution >= 0.6 is 0 Å². The number of nitrogens with one attached hydrogen (secondary N) is 3. The lowest BCUT2D eigenvalue weighted by Crippen LogP contribution is -2.10. The Balaban J connectivity index is 1.37. The van der Waals surface area contributed by atoms with Crippen LogP contribution in [0.15, 0.2) is 60.8 Å². The molecule has 3 N–H and O–H groups in total. The van der Waals surface area contributed by atoms with Gasteiger partial charge in [0.2, 0.25) is 5.95 Å². The van der Waals surface area contributed by atoms with Crippen molar-refractivity contribution in [3.05, 3.63) is 83.2 Å². The van der Waals surface area contributed by atoms with Crippen LogP contribution in [0.1, 0.15) is 22.4 Å². The molecule has 28 heavy (non-hydrogen) atoms. The molecule has 2 heterocycles. The number of H-pyrrole nitrogens is 1. The molecule has 4 rings (SSSR count). The number of nitrogens with zero attached hydrogens (tertiary/aromatic N) is 2. The summed E-state index contributed by atoms with van der Waals surface area (Å²) in [6, 6.07) is 18.9. The number of fused-ring (bicyclic) bond motifs is 1. The number of hydrogen-bond acceptors (Lipinski definition) is 4. The zero-order valence-corrected chi connectivity index (χ0v) is 16.3. The number of benzene rings is 2. The highest BCUT2D eigenvalue weighted by Crippen LogP contribution is 2.18. The van der Waals surface area contributed by atoms with Crippen molar-refractivity contribution >= 4 is 22.7 Å². The van der Waals surface area contributed by atoms with Crippen LogP contribution in [0.25, 0.3) is 10.9 Å². The lowest BCUT2D eigenvalue weighted by atomic mass is 10.1. The van der Waals surface area contributed by atoms with Crippen LogP contribution in [-0.4, -0.2) is 21.5 Å². The van der Waals surface area contributed by atoms with E-state index in [0.29, 0.717) is 5.95 Å². The molecule has 0 saturated heterocycles. The molecule has 0 aliphatic rings. The molecule has 0 aliphatic heterocycles. The number of aromatic nitrogens is 3. The van der Waals surface area contributed by atoms with E-state index < -0.39 is 0 Å². The lowest BCUT2D eigenvalue weighted by Gasteiger charge is -2.10. The third kappa shape index (κ3) is 4.31. The molecule has 4 aromatic rings. The second-order valence-electron chi connectivity index (χ2n) is 7.09. The van der Waals surface area contributed by atoms with E-state index in [1.807, 2.05) is 19.1 Å². The SMILES string of the molecule is Cc1ccc(CNc2cc(C)nc(NCCc3c[nH]c4ccccc34)n2)cc1. The number of hydrogen-bond donors (Lipinski definition) is 3. The van der Waals surface area contributed by atoms with Crippen molar-refractivity contribution < 1.29 is 0 Å². The van der Waals surface area contributed by atoms with Gasteiger partial charge in [-0.25, -0.2) is 4.98 Å². The van der Waals surface area contributed by atoms with Gasteiger partial charge in [-0.1, -0.05) is 48.0 Å². The topological polar surface area (TPSA) is 65.6 Å². The van der Waals surface area contributed by atoms with Gasteiger partial charge in [0.05, 0.1) is 0 Å². The van der Waals surface area contributed by atoms with Crippen LogP contribution in [0.5, 0.6) is 0 Å². The maximum Gasteiger partial charge on any atom is 0.224 e. The summed E-state index contributed by atoms with van der Waals surface area (Å²) in [5.41, 5.74) is 5.91. The van der Waals surface area contributed by atoms with Crippen molar-refractivity contribution in [3.8, 4) is 0 Å². The van der Waals surface area contributed by atoms with Gasteiger partial charge in [0.15, 0.2) is 0 Å². The summed E-state index contributed by atoms with van der Waals surface area (Å²) < 4.78 is 0. The normalized spacial score (nSPS) is 10.9. The Labute approximate surface area is 165 Å². The standard InChI is InChI=1S/C23H25N5/c1-16-7-9-18(10-8-16)14-26-22-13-17(2)27-23(28-22)24-12-11-19-15-25-21-6-4-3-5-20(19)21/h3-10,13,15,25H,11-12,14H2,1-2H3,(H2,24,26,27,28). The smallest absolute Gasteiger partial charge is 0.224 e. The van der Waals surface area contributed by atoms with E-state index in [9.17, 15) is 0 Å². The molecule has 0 atom stereocenters. The van der Waals surface area contributed by atoms with Gasteiger partial charge in [0.25, 0.3) is 0 Å². The summed E-state index contributed by atoms with van der Waals surface area (Å²) in [6.45, 7) is 5.61. The number of aromatic amines is 1. The number of para-hydroxylation sites is 1. The van der Waals surface area contributed by atoms with Gasteiger partial charge in [-0.3, -0.25) is 0 Å². The largest absolute Gasteiger partial charge is 0.366 e. The highest BCUT2D eigenvalue weighted by molar-refractivity contribution is 5.83. The third-order valence-corrected chi connectivity index (χ3v) is 4.80. The molecule has 0 fully saturated rings. The first-order valence-electron chi connectivity index (χ1n) is 9.61. The Morgan fingerprint density at radius 1 is 0.929 bits per heavy atom. The Morgan fingerprint density at radius 3 is 2.61 bits per heavy atom. The van der Waals surface area contributed by atoms with Crippen molar-refractivity contribution in [3.63, 3.8) is 0 Å². The minimum atomic E-state index is 0.659. The molecular formula is C23H25N5. The number of anilines is 2. The Morgan fingerprint density at radius 2 is 1.75 bits per heavy atom. The molecule has 0 spiro atoms. The molecule has 142 valence electrons. The molecule has 5 heteroatoms. The average molecular weight is 371 g/mol. The van der Waals surface area contributed by atoms with E-state index >= 15 is 0 Å². The second kappa shape index (κ2) is 8.13. The minimum absolute atomic E-state index is 0.659. The average Bonchev–Trinajstić information content (AvgIpc) is 3.11. The molecular weight excluding hydrogens is 346 g/mol. The molecule has 2 aromatic carbocycles. The summed E-state index contributed by atoms with van der Waals surface area (Å²) in [6.07, 6.45) is 2.99. The van der Waals surface area contributed by atoms with E-state index in [-0.39, 0.29) is 0 Å². The van der Waals surface area contributed by atoms with Crippen molar-refractivity contribution in [1.82, 2.24) is 15.0 Å². The predicted octanol–water partition coefficient (Wildman–Crippen LogP) is 4.84. The molecule has 0 saturated carbocycles. The van der Waals surface area contributed by atoms with Crippen molar-refractivity contribution in [1.29, 1.82) is 0 Å². The first-order chi connectivity index (χ1) is 13.7. The van der Waals surface area contributed by atoms with Gasteiger partial charge in [0.1, 0.15) is 5.82 Å². The highest BCUT2D eigenvalue weighted by atomic mass is 15.1. The third-order valence-electron chi connectivity index (χ3n) is 4.80. The Kier molecular flexibility index (Phi) is 5.24. The molecule has 0 radical (unpaired) electrons. The molecule has 0 bridgehead atoms. The fourth-order valence-electron chi connectivity index (χ4n) is 3.28. The number of aryl methyl sites for hydroxylation is 2. The van der Waals surface area contributed by atoms with E-state index in [1.165, 1.54) is 27.6 Å². The monoisotopic (exact) mass is 371 g/mol. The minimum Gasteiger partial charge on any atom is -0.366 e. The van der Waals surface area contributed by atoms with Crippen molar-refractivity contribution in [2.45, 2.75) is 26.8 Å². The second-order valence-corrected chi connectivity index (χ2v) is 7.09. The fraction of sp³-hybridized carbons (Fsp3) is 0.217. The van der Waals surface area contributed by atoms with Gasteiger partial charge in [-0.2, -0.15) is 4.98 Å². The maximum atomic E-state index is 4.61. The fourth-order valence-corrected chi connectivity index (χ4v) is 3.28. The van der Waals surface area contributed by atoms with Crippen LogP contribution in [0.2, 0.25) is 0 Å². The van der Waals surface area contributed by atoms with Crippen LogP contribution in [0, 0.1) is 13.8 Å². The van der Waals surface area contributed by atoms with E-state index in [0.717, 1.165) is 31.0 Å². The van der Waals surface area contributed by atoms with Gasteiger partial charge in [0, 0.05) is 41.9 Å². The summed E-state index contributed by atoms with van der Waals surface area (Å²) >= 11 is 0.